The molecule has 4 rings (SSSR count). The van der Waals surface area contributed by atoms with Gasteiger partial charge in [0.15, 0.2) is 17.8 Å². The molecule has 3 saturated heterocycles. The smallest absolute Gasteiger partial charge is 0.410 e. The van der Waals surface area contributed by atoms with Crippen LogP contribution in [0.2, 0.25) is 0 Å². The molecule has 19 heteroatoms. The number of esters is 4. The number of ether oxygens (including phenoxy) is 7. The molecule has 61 heavy (non-hydrogen) atoms. The Morgan fingerprint density at radius 2 is 1.61 bits per heavy atom. The highest BCUT2D eigenvalue weighted by atomic mass is 16.6. The first-order valence-corrected chi connectivity index (χ1v) is 20.2. The van der Waals surface area contributed by atoms with Crippen molar-refractivity contribution in [1.29, 1.82) is 5.26 Å². The highest BCUT2D eigenvalue weighted by molar-refractivity contribution is 5.95. The summed E-state index contributed by atoms with van der Waals surface area (Å²) in [5.41, 5.74) is -1.86. The molecular formula is C42H59N5O14. The van der Waals surface area contributed by atoms with Gasteiger partial charge in [-0.05, 0) is 64.3 Å². The van der Waals surface area contributed by atoms with Gasteiger partial charge in [0.2, 0.25) is 5.91 Å². The minimum absolute atomic E-state index is 0.0164. The summed E-state index contributed by atoms with van der Waals surface area (Å²) >= 11 is 0. The monoisotopic (exact) mass is 857 g/mol. The van der Waals surface area contributed by atoms with Crippen LogP contribution in [0.25, 0.3) is 0 Å². The SMILES string of the molecule is CC(=O)N[C@H]1[C@H]([C@H](OC(C)=O)[C@@H](CNC(=O)c2cc(C)c(OC(C)=O)c(C)c2)OC(C)=O)O[C@](C#N)(CCN2CCOC[C@@]23CCN(C(=O)OC(C)(C)C)C3)C[C@@H]1OC(C)=O. The zero-order chi connectivity index (χ0) is 45.4. The number of likely N-dealkylation sites (tertiary alicyclic amines) is 1. The summed E-state index contributed by atoms with van der Waals surface area (Å²) in [4.78, 5) is 92.9. The van der Waals surface area contributed by atoms with Crippen molar-refractivity contribution in [3.8, 4) is 11.8 Å². The fourth-order valence-electron chi connectivity index (χ4n) is 8.15. The standard InChI is InChI=1S/C42H59N5O14/c1-24-17-31(18-25(2)35(24)58-29(6)51)38(53)44-20-33(57-28(5)50)36(59-30(7)52)37-34(45-26(3)48)32(56-27(4)49)19-42(21-43,60-37)12-14-47-15-16-55-23-41(47)11-13-46(22-41)39(54)61-40(8,9)10/h17-18,32-34,36-37H,11-16,19-20,22-23H2,1-10H3,(H,44,53)(H,45,48)/t32-,33+,34+,36+,37+,41-,42+/m0/s1. The Labute approximate surface area is 355 Å². The minimum atomic E-state index is -1.75. The van der Waals surface area contributed by atoms with Crippen molar-refractivity contribution in [3.63, 3.8) is 0 Å². The number of carbonyl (C=O) groups is 7. The number of nitrogens with zero attached hydrogens (tertiary/aromatic N) is 3. The molecule has 1 spiro atoms. The molecule has 1 aromatic rings. The normalized spacial score (nSPS) is 25.0. The summed E-state index contributed by atoms with van der Waals surface area (Å²) in [7, 11) is 0. The van der Waals surface area contributed by atoms with Crippen LogP contribution in [-0.4, -0.2) is 145 Å². The van der Waals surface area contributed by atoms with Crippen LogP contribution < -0.4 is 15.4 Å². The van der Waals surface area contributed by atoms with E-state index in [1.54, 1.807) is 39.5 Å². The van der Waals surface area contributed by atoms with E-state index < -0.39 is 95.5 Å². The molecule has 7 atom stereocenters. The van der Waals surface area contributed by atoms with Gasteiger partial charge in [-0.15, -0.1) is 0 Å². The maximum absolute atomic E-state index is 13.6. The first kappa shape index (κ1) is 48.3. The van der Waals surface area contributed by atoms with Crippen molar-refractivity contribution in [3.05, 3.63) is 28.8 Å². The Balaban J connectivity index is 1.70. The van der Waals surface area contributed by atoms with Gasteiger partial charge in [-0.25, -0.2) is 4.79 Å². The number of rotatable bonds is 13. The van der Waals surface area contributed by atoms with Crippen LogP contribution >= 0.6 is 0 Å². The second-order valence-electron chi connectivity index (χ2n) is 16.9. The molecule has 19 nitrogen and oxygen atoms in total. The van der Waals surface area contributed by atoms with Crippen molar-refractivity contribution in [2.24, 2.45) is 0 Å². The molecule has 0 radical (unpaired) electrons. The van der Waals surface area contributed by atoms with Crippen molar-refractivity contribution in [2.45, 2.75) is 136 Å². The zero-order valence-corrected chi connectivity index (χ0v) is 36.7. The molecule has 3 fully saturated rings. The van der Waals surface area contributed by atoms with E-state index in [2.05, 4.69) is 21.6 Å². The van der Waals surface area contributed by atoms with Gasteiger partial charge in [0.25, 0.3) is 5.91 Å². The van der Waals surface area contributed by atoms with Crippen molar-refractivity contribution in [1.82, 2.24) is 20.4 Å². The van der Waals surface area contributed by atoms with Crippen LogP contribution in [0.5, 0.6) is 5.75 Å². The van der Waals surface area contributed by atoms with E-state index in [9.17, 15) is 38.8 Å². The maximum Gasteiger partial charge on any atom is 0.410 e. The number of benzene rings is 1. The molecule has 3 heterocycles. The lowest BCUT2D eigenvalue weighted by Crippen LogP contribution is -2.67. The zero-order valence-electron chi connectivity index (χ0n) is 36.7. The summed E-state index contributed by atoms with van der Waals surface area (Å²) in [5.74, 6) is -3.84. The Kier molecular flexibility index (Phi) is 15.9. The molecule has 3 amide bonds. The van der Waals surface area contributed by atoms with Gasteiger partial charge in [0.05, 0.1) is 37.4 Å². The molecule has 0 unspecified atom stereocenters. The highest BCUT2D eigenvalue weighted by Crippen LogP contribution is 2.39. The Hall–Kier alpha value is -5.32. The van der Waals surface area contributed by atoms with E-state index in [4.69, 9.17) is 33.2 Å². The Bertz CT molecular complexity index is 1870. The first-order chi connectivity index (χ1) is 28.5. The molecule has 0 bridgehead atoms. The van der Waals surface area contributed by atoms with Crippen LogP contribution in [0.15, 0.2) is 12.1 Å². The average Bonchev–Trinajstić information content (AvgIpc) is 3.57. The Morgan fingerprint density at radius 3 is 2.16 bits per heavy atom. The second-order valence-corrected chi connectivity index (χ2v) is 16.9. The summed E-state index contributed by atoms with van der Waals surface area (Å²) in [6.45, 7) is 16.2. The molecule has 3 aliphatic rings. The van der Waals surface area contributed by atoms with Crippen LogP contribution in [0.4, 0.5) is 4.79 Å². The molecule has 0 aliphatic carbocycles. The van der Waals surface area contributed by atoms with Gasteiger partial charge in [-0.1, -0.05) is 0 Å². The van der Waals surface area contributed by atoms with Crippen molar-refractivity contribution < 1.29 is 66.7 Å². The van der Waals surface area contributed by atoms with E-state index in [-0.39, 0.29) is 24.9 Å². The van der Waals surface area contributed by atoms with E-state index >= 15 is 0 Å². The molecular weight excluding hydrogens is 798 g/mol. The number of hydrogen-bond donors (Lipinski definition) is 2. The lowest BCUT2D eigenvalue weighted by Gasteiger charge is -2.49. The van der Waals surface area contributed by atoms with Crippen LogP contribution in [0.1, 0.15) is 96.1 Å². The van der Waals surface area contributed by atoms with E-state index in [0.29, 0.717) is 56.1 Å². The number of carbonyl (C=O) groups excluding carboxylic acids is 7. The fraction of sp³-hybridized carbons (Fsp3) is 0.667. The minimum Gasteiger partial charge on any atom is -0.460 e. The van der Waals surface area contributed by atoms with Crippen LogP contribution in [0.3, 0.4) is 0 Å². The van der Waals surface area contributed by atoms with E-state index in [1.165, 1.54) is 32.9 Å². The maximum atomic E-state index is 13.6. The Morgan fingerprint density at radius 1 is 0.951 bits per heavy atom. The summed E-state index contributed by atoms with van der Waals surface area (Å²) in [5, 5.41) is 16.4. The van der Waals surface area contributed by atoms with E-state index in [0.717, 1.165) is 13.8 Å². The largest absolute Gasteiger partial charge is 0.460 e. The van der Waals surface area contributed by atoms with Crippen molar-refractivity contribution in [2.75, 3.05) is 45.9 Å². The average molecular weight is 858 g/mol. The van der Waals surface area contributed by atoms with Gasteiger partial charge in [0.1, 0.15) is 23.6 Å². The van der Waals surface area contributed by atoms with Gasteiger partial charge < -0.3 is 48.7 Å². The first-order valence-electron chi connectivity index (χ1n) is 20.2. The van der Waals surface area contributed by atoms with Crippen molar-refractivity contribution >= 4 is 41.8 Å². The molecule has 336 valence electrons. The lowest BCUT2D eigenvalue weighted by molar-refractivity contribution is -0.224. The number of nitrogens with one attached hydrogen (secondary N) is 2. The fourth-order valence-corrected chi connectivity index (χ4v) is 8.15. The number of amides is 3. The van der Waals surface area contributed by atoms with Gasteiger partial charge in [0, 0.05) is 79.2 Å². The molecule has 0 saturated carbocycles. The molecule has 3 aliphatic heterocycles. The number of aryl methyl sites for hydroxylation is 2. The highest BCUT2D eigenvalue weighted by Gasteiger charge is 2.56. The third-order valence-electron chi connectivity index (χ3n) is 10.6. The van der Waals surface area contributed by atoms with Gasteiger partial charge in [-0.3, -0.25) is 33.7 Å². The molecule has 1 aromatic carbocycles. The van der Waals surface area contributed by atoms with E-state index in [1.807, 2.05) is 0 Å². The quantitative estimate of drug-likeness (QED) is 0.165. The summed E-state index contributed by atoms with van der Waals surface area (Å²) in [6, 6.07) is 4.03. The molecule has 2 N–H and O–H groups in total. The summed E-state index contributed by atoms with van der Waals surface area (Å²) < 4.78 is 40.7. The predicted molar refractivity (Wildman–Crippen MR) is 214 cm³/mol. The second kappa shape index (κ2) is 20.0. The number of nitriles is 1. The predicted octanol–water partition coefficient (Wildman–Crippen LogP) is 2.41. The van der Waals surface area contributed by atoms with Crippen LogP contribution in [0, 0.1) is 25.2 Å². The lowest BCUT2D eigenvalue weighted by atomic mass is 9.81. The number of hydrogen-bond acceptors (Lipinski definition) is 16. The third kappa shape index (κ3) is 12.8. The van der Waals surface area contributed by atoms with Crippen LogP contribution in [-0.2, 0) is 52.4 Å². The molecule has 0 aromatic heterocycles. The number of morpholine rings is 1. The van der Waals surface area contributed by atoms with Gasteiger partial charge in [-0.2, -0.15) is 5.26 Å². The summed E-state index contributed by atoms with van der Waals surface area (Å²) in [6.07, 6.45) is -5.85. The third-order valence-corrected chi connectivity index (χ3v) is 10.6. The van der Waals surface area contributed by atoms with Gasteiger partial charge >= 0.3 is 30.0 Å². The topological polar surface area (TPSA) is 238 Å².